The number of rotatable bonds is 4. The molecule has 1 aliphatic rings. The Labute approximate surface area is 205 Å². The number of para-hydroxylation sites is 2. The summed E-state index contributed by atoms with van der Waals surface area (Å²) in [5, 5.41) is 12.5. The van der Waals surface area contributed by atoms with Crippen molar-refractivity contribution >= 4 is 39.9 Å². The zero-order valence-corrected chi connectivity index (χ0v) is 19.3. The third-order valence-electron chi connectivity index (χ3n) is 6.11. The fourth-order valence-electron chi connectivity index (χ4n) is 4.36. The van der Waals surface area contributed by atoms with Crippen LogP contribution in [0.4, 0.5) is 11.4 Å². The molecule has 1 aliphatic heterocycles. The number of hydrogen-bond donors (Lipinski definition) is 0. The Kier molecular flexibility index (Phi) is 5.96. The van der Waals surface area contributed by atoms with Gasteiger partial charge in [-0.15, -0.1) is 0 Å². The van der Waals surface area contributed by atoms with Gasteiger partial charge in [-0.05, 0) is 35.9 Å². The van der Waals surface area contributed by atoms with Gasteiger partial charge >= 0.3 is 5.63 Å². The van der Waals surface area contributed by atoms with Gasteiger partial charge in [0.15, 0.2) is 0 Å². The van der Waals surface area contributed by atoms with Crippen molar-refractivity contribution in [3.8, 4) is 11.1 Å². The number of halogens is 1. The summed E-state index contributed by atoms with van der Waals surface area (Å²) < 4.78 is 5.44. The topological polar surface area (TPSA) is 96.9 Å². The lowest BCUT2D eigenvalue weighted by Gasteiger charge is -2.36. The van der Waals surface area contributed by atoms with Crippen LogP contribution in [0.25, 0.3) is 22.1 Å². The molecule has 0 bridgehead atoms. The molecule has 1 fully saturated rings. The highest BCUT2D eigenvalue weighted by Gasteiger charge is 2.28. The van der Waals surface area contributed by atoms with Crippen LogP contribution in [0, 0.1) is 10.1 Å². The standard InChI is InChI=1S/C26H20ClN3O5/c27-21-8-4-9-22(30(33)34)24(21)28-11-13-29(14-12-28)25(31)19-7-3-6-17(15-19)20-16-18-5-1-2-10-23(18)35-26(20)32/h1-10,15-16H,11-14H2. The highest BCUT2D eigenvalue weighted by Crippen LogP contribution is 2.36. The van der Waals surface area contributed by atoms with Crippen LogP contribution in [0.15, 0.2) is 82.0 Å². The quantitative estimate of drug-likeness (QED) is 0.228. The molecule has 0 atom stereocenters. The van der Waals surface area contributed by atoms with Crippen LogP contribution in [0.2, 0.25) is 5.02 Å². The molecular formula is C26H20ClN3O5. The minimum absolute atomic E-state index is 0.0563. The molecule has 0 N–H and O–H groups in total. The van der Waals surface area contributed by atoms with Crippen LogP contribution < -0.4 is 10.5 Å². The lowest BCUT2D eigenvalue weighted by Crippen LogP contribution is -2.49. The van der Waals surface area contributed by atoms with Crippen molar-refractivity contribution < 1.29 is 14.1 Å². The third kappa shape index (κ3) is 4.36. The summed E-state index contributed by atoms with van der Waals surface area (Å²) in [5.74, 6) is -0.176. The van der Waals surface area contributed by atoms with Gasteiger partial charge in [0.25, 0.3) is 11.6 Å². The van der Waals surface area contributed by atoms with Crippen molar-refractivity contribution in [3.05, 3.63) is 104 Å². The first-order chi connectivity index (χ1) is 16.9. The van der Waals surface area contributed by atoms with Crippen LogP contribution in [0.5, 0.6) is 0 Å². The predicted octanol–water partition coefficient (Wildman–Crippen LogP) is 4.98. The van der Waals surface area contributed by atoms with E-state index >= 15 is 0 Å². The molecule has 5 rings (SSSR count). The van der Waals surface area contributed by atoms with Crippen LogP contribution in [0.3, 0.4) is 0 Å². The molecule has 176 valence electrons. The normalized spacial score (nSPS) is 13.7. The number of anilines is 1. The largest absolute Gasteiger partial charge is 0.422 e. The monoisotopic (exact) mass is 489 g/mol. The molecule has 0 saturated carbocycles. The highest BCUT2D eigenvalue weighted by molar-refractivity contribution is 6.33. The van der Waals surface area contributed by atoms with E-state index in [0.29, 0.717) is 59.2 Å². The number of fused-ring (bicyclic) bond motifs is 1. The number of nitro benzene ring substituents is 1. The summed E-state index contributed by atoms with van der Waals surface area (Å²) in [7, 11) is 0. The van der Waals surface area contributed by atoms with Gasteiger partial charge in [-0.3, -0.25) is 14.9 Å². The molecule has 8 nitrogen and oxygen atoms in total. The summed E-state index contributed by atoms with van der Waals surface area (Å²) in [6, 6.07) is 20.5. The number of piperazine rings is 1. The molecule has 0 radical (unpaired) electrons. The Morgan fingerprint density at radius 1 is 0.943 bits per heavy atom. The van der Waals surface area contributed by atoms with Gasteiger partial charge in [-0.1, -0.05) is 48.0 Å². The molecule has 3 aromatic carbocycles. The van der Waals surface area contributed by atoms with Gasteiger partial charge in [-0.2, -0.15) is 0 Å². The zero-order chi connectivity index (χ0) is 24.5. The van der Waals surface area contributed by atoms with E-state index in [1.165, 1.54) is 6.07 Å². The van der Waals surface area contributed by atoms with Gasteiger partial charge in [0.2, 0.25) is 0 Å². The van der Waals surface area contributed by atoms with Gasteiger partial charge < -0.3 is 14.2 Å². The number of carbonyl (C=O) groups is 1. The van der Waals surface area contributed by atoms with Crippen molar-refractivity contribution in [1.29, 1.82) is 0 Å². The van der Waals surface area contributed by atoms with E-state index in [1.54, 1.807) is 59.5 Å². The van der Waals surface area contributed by atoms with Crippen molar-refractivity contribution in [2.45, 2.75) is 0 Å². The Morgan fingerprint density at radius 3 is 2.46 bits per heavy atom. The van der Waals surface area contributed by atoms with E-state index < -0.39 is 10.5 Å². The lowest BCUT2D eigenvalue weighted by molar-refractivity contribution is -0.384. The van der Waals surface area contributed by atoms with E-state index in [4.69, 9.17) is 16.0 Å². The molecule has 35 heavy (non-hydrogen) atoms. The molecule has 1 saturated heterocycles. The fraction of sp³-hybridized carbons (Fsp3) is 0.154. The van der Waals surface area contributed by atoms with Crippen molar-refractivity contribution in [3.63, 3.8) is 0 Å². The number of carbonyl (C=O) groups excluding carboxylic acids is 1. The van der Waals surface area contributed by atoms with Crippen molar-refractivity contribution in [2.75, 3.05) is 31.1 Å². The smallest absolute Gasteiger partial charge is 0.344 e. The first-order valence-corrected chi connectivity index (χ1v) is 11.4. The lowest BCUT2D eigenvalue weighted by atomic mass is 10.0. The van der Waals surface area contributed by atoms with Crippen LogP contribution in [-0.2, 0) is 0 Å². The molecule has 0 unspecified atom stereocenters. The number of hydrogen-bond acceptors (Lipinski definition) is 6. The molecule has 2 heterocycles. The molecule has 0 aliphatic carbocycles. The number of benzene rings is 3. The molecule has 1 amide bonds. The molecule has 9 heteroatoms. The van der Waals surface area contributed by atoms with Gasteiger partial charge in [0.1, 0.15) is 11.3 Å². The average molecular weight is 490 g/mol. The first kappa shape index (κ1) is 22.6. The van der Waals surface area contributed by atoms with E-state index in [2.05, 4.69) is 0 Å². The molecular weight excluding hydrogens is 470 g/mol. The first-order valence-electron chi connectivity index (χ1n) is 11.0. The van der Waals surface area contributed by atoms with Crippen LogP contribution >= 0.6 is 11.6 Å². The third-order valence-corrected chi connectivity index (χ3v) is 6.41. The van der Waals surface area contributed by atoms with E-state index in [1.807, 2.05) is 17.0 Å². The average Bonchev–Trinajstić information content (AvgIpc) is 2.88. The maximum Gasteiger partial charge on any atom is 0.344 e. The minimum atomic E-state index is -0.469. The summed E-state index contributed by atoms with van der Waals surface area (Å²) in [4.78, 5) is 40.3. The fourth-order valence-corrected chi connectivity index (χ4v) is 4.65. The second-order valence-electron chi connectivity index (χ2n) is 8.21. The summed E-state index contributed by atoms with van der Waals surface area (Å²) >= 11 is 6.27. The Balaban J connectivity index is 1.36. The summed E-state index contributed by atoms with van der Waals surface area (Å²) in [6.45, 7) is 1.57. The van der Waals surface area contributed by atoms with Gasteiger partial charge in [-0.25, -0.2) is 4.79 Å². The molecule has 1 aromatic heterocycles. The van der Waals surface area contributed by atoms with Crippen LogP contribution in [-0.4, -0.2) is 41.9 Å². The molecule has 0 spiro atoms. The van der Waals surface area contributed by atoms with Crippen molar-refractivity contribution in [2.24, 2.45) is 0 Å². The zero-order valence-electron chi connectivity index (χ0n) is 18.5. The van der Waals surface area contributed by atoms with Gasteiger partial charge in [0.05, 0.1) is 15.5 Å². The Morgan fingerprint density at radius 2 is 1.69 bits per heavy atom. The Hall–Kier alpha value is -4.17. The minimum Gasteiger partial charge on any atom is -0.422 e. The van der Waals surface area contributed by atoms with Gasteiger partial charge in [0, 0.05) is 43.2 Å². The van der Waals surface area contributed by atoms with E-state index in [0.717, 1.165) is 5.39 Å². The number of amides is 1. The molecule has 4 aromatic rings. The Bertz CT molecular complexity index is 1510. The maximum absolute atomic E-state index is 13.2. The maximum atomic E-state index is 13.2. The van der Waals surface area contributed by atoms with E-state index in [9.17, 15) is 19.7 Å². The summed E-state index contributed by atoms with van der Waals surface area (Å²) in [6.07, 6.45) is 0. The SMILES string of the molecule is O=C(c1cccc(-c2cc3ccccc3oc2=O)c1)N1CCN(c2c(Cl)cccc2[N+](=O)[O-])CC1. The van der Waals surface area contributed by atoms with Crippen molar-refractivity contribution in [1.82, 2.24) is 4.90 Å². The summed E-state index contributed by atoms with van der Waals surface area (Å²) in [5.41, 5.74) is 1.78. The number of nitro groups is 1. The van der Waals surface area contributed by atoms with E-state index in [-0.39, 0.29) is 11.6 Å². The highest BCUT2D eigenvalue weighted by atomic mass is 35.5. The predicted molar refractivity (Wildman–Crippen MR) is 134 cm³/mol. The second kappa shape index (κ2) is 9.23. The number of nitrogens with zero attached hydrogens (tertiary/aromatic N) is 3. The second-order valence-corrected chi connectivity index (χ2v) is 8.62. The van der Waals surface area contributed by atoms with Crippen LogP contribution in [0.1, 0.15) is 10.4 Å².